The average molecular weight is 451 g/mol. The molecule has 2 aromatic heterocycles. The lowest BCUT2D eigenvalue weighted by atomic mass is 9.94. The Morgan fingerprint density at radius 1 is 1.47 bits per heavy atom. The van der Waals surface area contributed by atoms with Gasteiger partial charge in [0.2, 0.25) is 0 Å². The molecule has 1 radical (unpaired) electrons. The normalized spacial score (nSPS) is 18.4. The molecule has 1 fully saturated rings. The van der Waals surface area contributed by atoms with Crippen LogP contribution in [0.15, 0.2) is 30.0 Å². The van der Waals surface area contributed by atoms with Crippen LogP contribution in [0.5, 0.6) is 0 Å². The molecular formula is C14H12BN6O7S2. The van der Waals surface area contributed by atoms with E-state index in [4.69, 9.17) is 4.55 Å². The highest BCUT2D eigenvalue weighted by Crippen LogP contribution is 2.28. The van der Waals surface area contributed by atoms with Crippen LogP contribution in [0.1, 0.15) is 9.67 Å². The van der Waals surface area contributed by atoms with Crippen molar-refractivity contribution in [3.05, 3.63) is 34.9 Å². The van der Waals surface area contributed by atoms with Gasteiger partial charge in [0.05, 0.1) is 23.9 Å². The predicted molar refractivity (Wildman–Crippen MR) is 103 cm³/mol. The highest BCUT2D eigenvalue weighted by atomic mass is 32.3. The fourth-order valence-corrected chi connectivity index (χ4v) is 4.00. The number of hydrogen-bond donors (Lipinski definition) is 1. The number of thiazole rings is 1. The first-order chi connectivity index (χ1) is 14.3. The molecular weight excluding hydrogens is 439 g/mol. The molecule has 0 saturated carbocycles. The fourth-order valence-electron chi connectivity index (χ4n) is 3.07. The molecule has 13 nitrogen and oxygen atoms in total. The molecule has 2 bridgehead atoms. The number of nitrogens with zero attached hydrogens (tertiary/aromatic N) is 6. The van der Waals surface area contributed by atoms with E-state index in [-0.39, 0.29) is 18.9 Å². The standard InChI is InChI=1S/C14H12BN6O7S2/c22-7-15-20(13(23)11-4-16-8-29-11)12-1-2-19(17-12)9-3-10-6-18(5-9)14(24)21(10)28-30(25,26)27/h1-4,7-8,10H,5-6H2,(H,25,26,27). The van der Waals surface area contributed by atoms with Crippen LogP contribution in [0.3, 0.4) is 0 Å². The summed E-state index contributed by atoms with van der Waals surface area (Å²) < 4.78 is 36.6. The number of hydroxylamine groups is 2. The van der Waals surface area contributed by atoms with Crippen LogP contribution in [0.25, 0.3) is 5.70 Å². The maximum absolute atomic E-state index is 12.6. The quantitative estimate of drug-likeness (QED) is 0.333. The Kier molecular flexibility index (Phi) is 5.14. The van der Waals surface area contributed by atoms with E-state index in [1.165, 1.54) is 33.6 Å². The van der Waals surface area contributed by atoms with E-state index in [1.807, 2.05) is 0 Å². The third-order valence-corrected chi connectivity index (χ3v) is 5.38. The summed E-state index contributed by atoms with van der Waals surface area (Å²) in [4.78, 5) is 42.4. The van der Waals surface area contributed by atoms with Crippen LogP contribution in [0, 0.1) is 0 Å². The Morgan fingerprint density at radius 3 is 2.93 bits per heavy atom. The van der Waals surface area contributed by atoms with Gasteiger partial charge in [-0.25, -0.2) is 9.48 Å². The van der Waals surface area contributed by atoms with Gasteiger partial charge in [0, 0.05) is 18.8 Å². The average Bonchev–Trinajstić information content (AvgIpc) is 3.43. The summed E-state index contributed by atoms with van der Waals surface area (Å²) in [5.41, 5.74) is 1.99. The van der Waals surface area contributed by atoms with Gasteiger partial charge in [-0.3, -0.25) is 14.3 Å². The highest BCUT2D eigenvalue weighted by Gasteiger charge is 2.43. The monoisotopic (exact) mass is 451 g/mol. The van der Waals surface area contributed by atoms with Gasteiger partial charge in [-0.15, -0.1) is 15.6 Å². The van der Waals surface area contributed by atoms with Gasteiger partial charge < -0.3 is 14.5 Å². The number of urea groups is 1. The summed E-state index contributed by atoms with van der Waals surface area (Å²) in [6.45, 7) is 0.253. The molecule has 1 saturated heterocycles. The second-order valence-corrected chi connectivity index (χ2v) is 8.05. The topological polar surface area (TPSA) is 155 Å². The predicted octanol–water partition coefficient (Wildman–Crippen LogP) is -0.509. The molecule has 1 N–H and O–H groups in total. The van der Waals surface area contributed by atoms with Crippen LogP contribution < -0.4 is 4.81 Å². The van der Waals surface area contributed by atoms with Crippen LogP contribution in [-0.4, -0.2) is 82.4 Å². The molecule has 2 aliphatic heterocycles. The molecule has 4 rings (SSSR count). The van der Waals surface area contributed by atoms with Gasteiger partial charge in [-0.1, -0.05) is 0 Å². The maximum atomic E-state index is 12.6. The summed E-state index contributed by atoms with van der Waals surface area (Å²) in [5, 5.41) is 4.85. The van der Waals surface area contributed by atoms with E-state index in [9.17, 15) is 22.8 Å². The van der Waals surface area contributed by atoms with Crippen LogP contribution in [0.2, 0.25) is 0 Å². The number of aromatic nitrogens is 3. The number of anilines is 1. The number of hydrogen-bond acceptors (Lipinski definition) is 9. The van der Waals surface area contributed by atoms with Crippen LogP contribution in [-0.2, 0) is 19.5 Å². The van der Waals surface area contributed by atoms with Gasteiger partial charge >= 0.3 is 23.8 Å². The maximum Gasteiger partial charge on any atom is 0.418 e. The molecule has 0 aromatic carbocycles. The Hall–Kier alpha value is -3.08. The number of rotatable bonds is 7. The Bertz CT molecular complexity index is 1130. The van der Waals surface area contributed by atoms with E-state index < -0.39 is 28.4 Å². The van der Waals surface area contributed by atoms with Crippen molar-refractivity contribution in [2.45, 2.75) is 6.04 Å². The van der Waals surface area contributed by atoms with E-state index >= 15 is 0 Å². The van der Waals surface area contributed by atoms with Gasteiger partial charge in [-0.05, 0) is 6.08 Å². The molecule has 0 spiro atoms. The summed E-state index contributed by atoms with van der Waals surface area (Å²) in [5.74, 6) is -0.328. The minimum atomic E-state index is -4.86. The van der Waals surface area contributed by atoms with Crippen molar-refractivity contribution in [2.75, 3.05) is 17.9 Å². The number of carbonyl (C=O) groups is 3. The third-order valence-electron chi connectivity index (χ3n) is 4.27. The summed E-state index contributed by atoms with van der Waals surface area (Å²) >= 11 is 1.11. The van der Waals surface area contributed by atoms with Crippen molar-refractivity contribution >= 4 is 58.8 Å². The van der Waals surface area contributed by atoms with E-state index in [1.54, 1.807) is 6.08 Å². The zero-order valence-corrected chi connectivity index (χ0v) is 16.6. The minimum absolute atomic E-state index is 0.0853. The summed E-state index contributed by atoms with van der Waals surface area (Å²) in [6.07, 6.45) is 4.91. The van der Waals surface area contributed by atoms with Crippen LogP contribution >= 0.6 is 11.3 Å². The largest absolute Gasteiger partial charge is 0.418 e. The first-order valence-corrected chi connectivity index (χ1v) is 10.5. The van der Waals surface area contributed by atoms with Gasteiger partial charge in [0.15, 0.2) is 0 Å². The second-order valence-electron chi connectivity index (χ2n) is 6.16. The van der Waals surface area contributed by atoms with Crippen molar-refractivity contribution in [3.63, 3.8) is 0 Å². The summed E-state index contributed by atoms with van der Waals surface area (Å²) in [6, 6.07) is -0.000262. The number of carbonyl (C=O) groups excluding carboxylic acids is 3. The first kappa shape index (κ1) is 20.2. The lowest BCUT2D eigenvalue weighted by Gasteiger charge is -2.21. The van der Waals surface area contributed by atoms with Crippen molar-refractivity contribution in [1.82, 2.24) is 24.7 Å². The molecule has 2 aliphatic rings. The van der Waals surface area contributed by atoms with Crippen molar-refractivity contribution in [1.29, 1.82) is 0 Å². The Balaban J connectivity index is 1.59. The Labute approximate surface area is 174 Å². The minimum Gasteiger partial charge on any atom is -0.332 e. The Morgan fingerprint density at radius 2 is 2.27 bits per heavy atom. The molecule has 2 aromatic rings. The molecule has 1 atom stereocenters. The van der Waals surface area contributed by atoms with Gasteiger partial charge in [0.1, 0.15) is 22.9 Å². The number of fused-ring (bicyclic) bond motifs is 2. The number of amides is 3. The van der Waals surface area contributed by atoms with E-state index in [0.29, 0.717) is 21.8 Å². The van der Waals surface area contributed by atoms with Gasteiger partial charge in [-0.2, -0.15) is 18.6 Å². The van der Waals surface area contributed by atoms with E-state index in [0.717, 1.165) is 23.6 Å². The van der Waals surface area contributed by atoms with Crippen molar-refractivity contribution in [3.8, 4) is 0 Å². The van der Waals surface area contributed by atoms with Gasteiger partial charge in [0.25, 0.3) is 5.91 Å². The fraction of sp³-hybridized carbons (Fsp3) is 0.214. The lowest BCUT2D eigenvalue weighted by molar-refractivity contribution is -0.0183. The SMILES string of the molecule is O=C[B]N(C(=O)c1cncs1)c1ccn(C2=CC3CN(C2)C(=O)N3OS(=O)(=O)O)n1. The zero-order chi connectivity index (χ0) is 21.5. The van der Waals surface area contributed by atoms with Crippen molar-refractivity contribution < 1.29 is 31.6 Å². The van der Waals surface area contributed by atoms with Crippen molar-refractivity contribution in [2.24, 2.45) is 0 Å². The van der Waals surface area contributed by atoms with Crippen LogP contribution in [0.4, 0.5) is 10.6 Å². The molecule has 30 heavy (non-hydrogen) atoms. The third kappa shape index (κ3) is 3.84. The molecule has 4 heterocycles. The zero-order valence-electron chi connectivity index (χ0n) is 14.9. The smallest absolute Gasteiger partial charge is 0.332 e. The molecule has 3 amide bonds. The second kappa shape index (κ2) is 7.64. The molecule has 1 unspecified atom stereocenters. The highest BCUT2D eigenvalue weighted by molar-refractivity contribution is 7.80. The first-order valence-electron chi connectivity index (χ1n) is 8.29. The summed E-state index contributed by atoms with van der Waals surface area (Å²) in [7, 11) is -3.83. The molecule has 16 heteroatoms. The molecule has 155 valence electrons. The lowest BCUT2D eigenvalue weighted by Crippen LogP contribution is -2.35. The van der Waals surface area contributed by atoms with E-state index in [2.05, 4.69) is 14.4 Å². The molecule has 0 aliphatic carbocycles.